The number of benzene rings is 1. The zero-order valence-electron chi connectivity index (χ0n) is 17.5. The van der Waals surface area contributed by atoms with E-state index in [0.717, 1.165) is 6.20 Å². The van der Waals surface area contributed by atoms with E-state index in [0.29, 0.717) is 12.1 Å². The Morgan fingerprint density at radius 1 is 1.12 bits per heavy atom. The molecule has 0 saturated heterocycles. The molecule has 0 aliphatic carbocycles. The summed E-state index contributed by atoms with van der Waals surface area (Å²) in [5.41, 5.74) is 0.920. The molecule has 8 nitrogen and oxygen atoms in total. The van der Waals surface area contributed by atoms with Crippen molar-refractivity contribution in [3.8, 4) is 5.75 Å². The highest BCUT2D eigenvalue weighted by Crippen LogP contribution is 2.17. The molecule has 170 valence electrons. The molecule has 11 heteroatoms. The third-order valence-corrected chi connectivity index (χ3v) is 4.75. The second-order valence-electron chi connectivity index (χ2n) is 7.22. The molecule has 2 aromatic rings. The maximum atomic E-state index is 13.8. The Kier molecular flexibility index (Phi) is 6.56. The Morgan fingerprint density at radius 3 is 2.38 bits per heavy atom. The number of hydrogen-bond donors (Lipinski definition) is 3. The summed E-state index contributed by atoms with van der Waals surface area (Å²) >= 11 is 0. The summed E-state index contributed by atoms with van der Waals surface area (Å²) in [6, 6.07) is 0.334. The molecule has 0 saturated carbocycles. The van der Waals surface area contributed by atoms with Gasteiger partial charge in [-0.05, 0) is 13.8 Å². The van der Waals surface area contributed by atoms with Crippen LogP contribution in [0, 0.1) is 17.5 Å². The first-order valence-electron chi connectivity index (χ1n) is 9.63. The molecular formula is C21H21F3N4O4. The smallest absolute Gasteiger partial charge is 0.274 e. The van der Waals surface area contributed by atoms with Crippen molar-refractivity contribution in [1.82, 2.24) is 15.3 Å². The van der Waals surface area contributed by atoms with Gasteiger partial charge in [0.05, 0.1) is 13.2 Å². The lowest BCUT2D eigenvalue weighted by Gasteiger charge is -2.20. The molecular weight excluding hydrogens is 429 g/mol. The van der Waals surface area contributed by atoms with Crippen molar-refractivity contribution >= 4 is 11.8 Å². The van der Waals surface area contributed by atoms with Crippen LogP contribution in [0.5, 0.6) is 5.75 Å². The molecule has 2 heterocycles. The lowest BCUT2D eigenvalue weighted by atomic mass is 10.1. The summed E-state index contributed by atoms with van der Waals surface area (Å²) in [7, 11) is 1.17. The van der Waals surface area contributed by atoms with Gasteiger partial charge in [0.15, 0.2) is 11.4 Å². The fourth-order valence-electron chi connectivity index (χ4n) is 3.18. The van der Waals surface area contributed by atoms with E-state index in [9.17, 15) is 27.6 Å². The SMILES string of the molecule is COc1c2n(cc(C(=O)NCc3c(F)cc(F)cc3F)c1=O)N[C@H](C)/C=C\[C@H](C)NC2=O. The topological polar surface area (TPSA) is 101 Å². The molecule has 1 aliphatic heterocycles. The standard InChI is InChI=1S/C21H21F3N4O4/c1-10-4-5-11(2)27-28-9-14(18(29)19(32-3)17(28)21(31)26-10)20(30)25-8-13-15(23)6-12(22)7-16(13)24/h4-7,9-11,27H,8H2,1-3H3,(H,25,30)(H,26,31)/b5-4-/t10-,11+/m0/s1. The van der Waals surface area contributed by atoms with Crippen LogP contribution in [0.25, 0.3) is 0 Å². The third kappa shape index (κ3) is 4.61. The van der Waals surface area contributed by atoms with Crippen molar-refractivity contribution < 1.29 is 27.5 Å². The summed E-state index contributed by atoms with van der Waals surface area (Å²) in [6.45, 7) is 2.90. The average Bonchev–Trinajstić information content (AvgIpc) is 2.76. The third-order valence-electron chi connectivity index (χ3n) is 4.75. The quantitative estimate of drug-likeness (QED) is 0.617. The molecule has 0 fully saturated rings. The van der Waals surface area contributed by atoms with Gasteiger partial charge in [-0.25, -0.2) is 13.2 Å². The van der Waals surface area contributed by atoms with Gasteiger partial charge in [0.2, 0.25) is 5.43 Å². The molecule has 1 aromatic carbocycles. The number of aromatic nitrogens is 1. The number of nitrogens with zero attached hydrogens (tertiary/aromatic N) is 1. The van der Waals surface area contributed by atoms with Gasteiger partial charge in [0.1, 0.15) is 23.0 Å². The summed E-state index contributed by atoms with van der Waals surface area (Å²) in [5, 5.41) is 4.93. The fourth-order valence-corrected chi connectivity index (χ4v) is 3.18. The van der Waals surface area contributed by atoms with Gasteiger partial charge in [-0.3, -0.25) is 19.1 Å². The predicted octanol–water partition coefficient (Wildman–Crippen LogP) is 1.82. The van der Waals surface area contributed by atoms with Gasteiger partial charge in [-0.1, -0.05) is 12.2 Å². The lowest BCUT2D eigenvalue weighted by Crippen LogP contribution is -2.38. The number of methoxy groups -OCH3 is 1. The van der Waals surface area contributed by atoms with Crippen molar-refractivity contribution in [2.75, 3.05) is 12.5 Å². The molecule has 3 rings (SSSR count). The molecule has 0 spiro atoms. The van der Waals surface area contributed by atoms with E-state index in [1.54, 1.807) is 26.0 Å². The number of carbonyl (C=O) groups is 2. The Balaban J connectivity index is 2.00. The zero-order chi connectivity index (χ0) is 23.6. The number of halogens is 3. The van der Waals surface area contributed by atoms with E-state index in [-0.39, 0.29) is 23.5 Å². The summed E-state index contributed by atoms with van der Waals surface area (Å²) < 4.78 is 47.1. The monoisotopic (exact) mass is 450 g/mol. The molecule has 2 atom stereocenters. The first-order chi connectivity index (χ1) is 15.1. The molecule has 2 amide bonds. The number of rotatable bonds is 4. The van der Waals surface area contributed by atoms with E-state index >= 15 is 0 Å². The number of hydrogen-bond acceptors (Lipinski definition) is 5. The van der Waals surface area contributed by atoms with E-state index in [4.69, 9.17) is 4.74 Å². The highest BCUT2D eigenvalue weighted by molar-refractivity contribution is 5.99. The average molecular weight is 450 g/mol. The van der Waals surface area contributed by atoms with Gasteiger partial charge in [-0.2, -0.15) is 0 Å². The van der Waals surface area contributed by atoms with Gasteiger partial charge >= 0.3 is 0 Å². The van der Waals surface area contributed by atoms with E-state index in [1.165, 1.54) is 11.8 Å². The van der Waals surface area contributed by atoms with Crippen LogP contribution in [0.3, 0.4) is 0 Å². The maximum absolute atomic E-state index is 13.8. The fraction of sp³-hybridized carbons (Fsp3) is 0.286. The molecule has 0 unspecified atom stereocenters. The summed E-state index contributed by atoms with van der Waals surface area (Å²) in [4.78, 5) is 38.3. The van der Waals surface area contributed by atoms with Crippen LogP contribution in [0.1, 0.15) is 40.3 Å². The molecule has 0 bridgehead atoms. The first kappa shape index (κ1) is 22.9. The van der Waals surface area contributed by atoms with Crippen LogP contribution in [0.15, 0.2) is 35.3 Å². The van der Waals surface area contributed by atoms with Crippen molar-refractivity contribution in [3.05, 3.63) is 75.0 Å². The van der Waals surface area contributed by atoms with E-state index in [1.807, 2.05) is 0 Å². The Hall–Kier alpha value is -3.76. The van der Waals surface area contributed by atoms with Crippen LogP contribution in [0.4, 0.5) is 13.2 Å². The van der Waals surface area contributed by atoms with Gasteiger partial charge < -0.3 is 20.8 Å². The van der Waals surface area contributed by atoms with Gasteiger partial charge in [-0.15, -0.1) is 0 Å². The van der Waals surface area contributed by atoms with E-state index in [2.05, 4.69) is 16.1 Å². The van der Waals surface area contributed by atoms with Crippen molar-refractivity contribution in [2.24, 2.45) is 0 Å². The normalized spacial score (nSPS) is 18.9. The highest BCUT2D eigenvalue weighted by atomic mass is 19.1. The molecule has 1 aliphatic rings. The molecule has 0 radical (unpaired) electrons. The van der Waals surface area contributed by atoms with Gasteiger partial charge in [0, 0.05) is 36.5 Å². The minimum Gasteiger partial charge on any atom is -0.491 e. The minimum absolute atomic E-state index is 0.146. The Labute approximate surface area is 181 Å². The minimum atomic E-state index is -1.18. The van der Waals surface area contributed by atoms with Crippen molar-refractivity contribution in [3.63, 3.8) is 0 Å². The summed E-state index contributed by atoms with van der Waals surface area (Å²) in [5.74, 6) is -5.43. The van der Waals surface area contributed by atoms with Crippen LogP contribution in [-0.4, -0.2) is 35.7 Å². The largest absolute Gasteiger partial charge is 0.491 e. The molecule has 1 aromatic heterocycles. The summed E-state index contributed by atoms with van der Waals surface area (Å²) in [6.07, 6.45) is 4.64. The van der Waals surface area contributed by atoms with Crippen LogP contribution >= 0.6 is 0 Å². The second kappa shape index (κ2) is 9.16. The van der Waals surface area contributed by atoms with Crippen molar-refractivity contribution in [1.29, 1.82) is 0 Å². The van der Waals surface area contributed by atoms with Gasteiger partial charge in [0.25, 0.3) is 11.8 Å². The van der Waals surface area contributed by atoms with Crippen LogP contribution in [-0.2, 0) is 6.54 Å². The lowest BCUT2D eigenvalue weighted by molar-refractivity contribution is 0.0923. The number of nitrogens with one attached hydrogen (secondary N) is 3. The van der Waals surface area contributed by atoms with Crippen LogP contribution in [0.2, 0.25) is 0 Å². The number of ether oxygens (including phenoxy) is 1. The Morgan fingerprint density at radius 2 is 1.75 bits per heavy atom. The molecule has 3 N–H and O–H groups in total. The number of carbonyl (C=O) groups excluding carboxylic acids is 2. The number of fused-ring (bicyclic) bond motifs is 1. The van der Waals surface area contributed by atoms with Crippen molar-refractivity contribution in [2.45, 2.75) is 32.5 Å². The number of amides is 2. The zero-order valence-corrected chi connectivity index (χ0v) is 17.5. The second-order valence-corrected chi connectivity index (χ2v) is 7.22. The van der Waals surface area contributed by atoms with E-state index < -0.39 is 52.4 Å². The Bertz CT molecular complexity index is 1140. The van der Waals surface area contributed by atoms with Crippen LogP contribution < -0.4 is 26.2 Å². The number of pyridine rings is 1. The highest BCUT2D eigenvalue weighted by Gasteiger charge is 2.27. The maximum Gasteiger partial charge on any atom is 0.274 e. The molecule has 32 heavy (non-hydrogen) atoms. The predicted molar refractivity (Wildman–Crippen MR) is 110 cm³/mol. The first-order valence-corrected chi connectivity index (χ1v) is 9.63.